The number of ether oxygens (including phenoxy) is 2. The van der Waals surface area contributed by atoms with Gasteiger partial charge in [0.15, 0.2) is 6.61 Å². The number of carbonyl (C=O) groups excluding carboxylic acids is 1. The van der Waals surface area contributed by atoms with Crippen LogP contribution in [0.3, 0.4) is 0 Å². The van der Waals surface area contributed by atoms with Gasteiger partial charge in [0.05, 0.1) is 18.8 Å². The van der Waals surface area contributed by atoms with Gasteiger partial charge in [0, 0.05) is 17.7 Å². The number of rotatable bonds is 3. The van der Waals surface area contributed by atoms with E-state index in [4.69, 9.17) is 9.47 Å². The van der Waals surface area contributed by atoms with E-state index in [1.165, 1.54) is 19.3 Å². The lowest BCUT2D eigenvalue weighted by Crippen LogP contribution is -2.60. The Morgan fingerprint density at radius 3 is 2.65 bits per heavy atom. The fraction of sp³-hybridized carbons (Fsp3) is 0.700. The van der Waals surface area contributed by atoms with Crippen LogP contribution in [-0.2, 0) is 14.3 Å². The number of nitrogens with zero attached hydrogens (tertiary/aromatic N) is 1. The van der Waals surface area contributed by atoms with Gasteiger partial charge in [-0.25, -0.2) is 0 Å². The van der Waals surface area contributed by atoms with E-state index in [9.17, 15) is 4.79 Å². The highest BCUT2D eigenvalue weighted by molar-refractivity contribution is 5.97. The number of carbonyl (C=O) groups is 1. The highest BCUT2D eigenvalue weighted by atomic mass is 16.5. The van der Waals surface area contributed by atoms with Gasteiger partial charge in [0.1, 0.15) is 5.82 Å². The summed E-state index contributed by atoms with van der Waals surface area (Å²) in [6.45, 7) is 5.02. The largest absolute Gasteiger partial charge is 0.467 e. The molecule has 0 spiro atoms. The van der Waals surface area contributed by atoms with Gasteiger partial charge in [-0.2, -0.15) is 4.99 Å². The Hall–Kier alpha value is -1.82. The minimum atomic E-state index is -0.0299. The fourth-order valence-corrected chi connectivity index (χ4v) is 6.16. The van der Waals surface area contributed by atoms with Gasteiger partial charge in [-0.1, -0.05) is 6.58 Å². The predicted octanol–water partition coefficient (Wildman–Crippen LogP) is 2.24. The molecule has 4 aliphatic carbocycles. The molecule has 6 nitrogen and oxygen atoms in total. The monoisotopic (exact) mass is 357 g/mol. The van der Waals surface area contributed by atoms with Crippen LogP contribution in [0.2, 0.25) is 0 Å². The van der Waals surface area contributed by atoms with E-state index in [2.05, 4.69) is 22.2 Å². The molecule has 4 fully saturated rings. The zero-order valence-electron chi connectivity index (χ0n) is 15.2. The lowest BCUT2D eigenvalue weighted by atomic mass is 9.53. The first-order valence-corrected chi connectivity index (χ1v) is 9.87. The molecule has 6 heteroatoms. The molecule has 1 amide bonds. The van der Waals surface area contributed by atoms with Crippen LogP contribution in [0.15, 0.2) is 28.7 Å². The Balaban J connectivity index is 1.23. The van der Waals surface area contributed by atoms with E-state index < -0.39 is 0 Å². The van der Waals surface area contributed by atoms with Crippen LogP contribution in [-0.4, -0.2) is 37.2 Å². The molecule has 0 aromatic carbocycles. The first-order valence-electron chi connectivity index (χ1n) is 9.87. The summed E-state index contributed by atoms with van der Waals surface area (Å²) in [4.78, 5) is 17.0. The highest BCUT2D eigenvalue weighted by Crippen LogP contribution is 2.55. The second-order valence-corrected chi connectivity index (χ2v) is 8.78. The van der Waals surface area contributed by atoms with Gasteiger partial charge >= 0.3 is 0 Å². The topological polar surface area (TPSA) is 72.0 Å². The molecule has 0 radical (unpaired) electrons. The molecule has 140 valence electrons. The molecule has 26 heavy (non-hydrogen) atoms. The predicted molar refractivity (Wildman–Crippen MR) is 97.2 cm³/mol. The van der Waals surface area contributed by atoms with E-state index >= 15 is 0 Å². The molecule has 2 heterocycles. The summed E-state index contributed by atoms with van der Waals surface area (Å²) < 4.78 is 11.3. The minimum absolute atomic E-state index is 0.00461. The molecule has 2 aliphatic heterocycles. The number of amides is 1. The van der Waals surface area contributed by atoms with Crippen molar-refractivity contribution < 1.29 is 14.3 Å². The van der Waals surface area contributed by atoms with Gasteiger partial charge in [0.2, 0.25) is 5.90 Å². The van der Waals surface area contributed by atoms with Crippen LogP contribution in [0.4, 0.5) is 0 Å². The molecule has 0 saturated heterocycles. The summed E-state index contributed by atoms with van der Waals surface area (Å²) in [6, 6.07) is 0. The SMILES string of the molecule is C=C1N=C(OCC(=O)NC23CC4CC(CC(C4)C2)C3)C2=C(CCOC2)N1. The van der Waals surface area contributed by atoms with Crippen molar-refractivity contribution in [1.82, 2.24) is 10.6 Å². The molecule has 0 unspecified atom stereocenters. The molecule has 6 rings (SSSR count). The second-order valence-electron chi connectivity index (χ2n) is 8.78. The van der Waals surface area contributed by atoms with Crippen LogP contribution in [0.1, 0.15) is 44.9 Å². The molecule has 6 aliphatic rings. The summed E-state index contributed by atoms with van der Waals surface area (Å²) in [7, 11) is 0. The second kappa shape index (κ2) is 6.12. The van der Waals surface area contributed by atoms with Crippen LogP contribution >= 0.6 is 0 Å². The third-order valence-electron chi connectivity index (χ3n) is 6.68. The lowest BCUT2D eigenvalue weighted by molar-refractivity contribution is -0.129. The van der Waals surface area contributed by atoms with Gasteiger partial charge in [-0.3, -0.25) is 4.79 Å². The Labute approximate surface area is 154 Å². The van der Waals surface area contributed by atoms with Gasteiger partial charge in [0.25, 0.3) is 5.91 Å². The Morgan fingerprint density at radius 2 is 1.96 bits per heavy atom. The number of aliphatic imine (C=N–C) groups is 1. The summed E-state index contributed by atoms with van der Waals surface area (Å²) in [6.07, 6.45) is 8.34. The molecular weight excluding hydrogens is 330 g/mol. The van der Waals surface area contributed by atoms with Gasteiger partial charge < -0.3 is 20.1 Å². The van der Waals surface area contributed by atoms with Crippen molar-refractivity contribution in [2.45, 2.75) is 50.5 Å². The molecule has 2 N–H and O–H groups in total. The summed E-state index contributed by atoms with van der Waals surface area (Å²) in [5.74, 6) is 3.44. The summed E-state index contributed by atoms with van der Waals surface area (Å²) >= 11 is 0. The van der Waals surface area contributed by atoms with Crippen LogP contribution < -0.4 is 10.6 Å². The van der Waals surface area contributed by atoms with E-state index in [1.807, 2.05) is 0 Å². The zero-order chi connectivity index (χ0) is 17.7. The maximum absolute atomic E-state index is 12.6. The number of hydrogen-bond acceptors (Lipinski definition) is 5. The normalized spacial score (nSPS) is 37.8. The number of hydrogen-bond donors (Lipinski definition) is 2. The van der Waals surface area contributed by atoms with Crippen LogP contribution in [0, 0.1) is 17.8 Å². The average molecular weight is 357 g/mol. The Bertz CT molecular complexity index is 674. The Kier molecular flexibility index (Phi) is 3.85. The van der Waals surface area contributed by atoms with Crippen molar-refractivity contribution in [3.63, 3.8) is 0 Å². The summed E-state index contributed by atoms with van der Waals surface area (Å²) in [5, 5.41) is 6.52. The molecule has 4 saturated carbocycles. The van der Waals surface area contributed by atoms with Crippen LogP contribution in [0.25, 0.3) is 0 Å². The maximum atomic E-state index is 12.6. The van der Waals surface area contributed by atoms with Gasteiger partial charge in [-0.05, 0) is 56.3 Å². The Morgan fingerprint density at radius 1 is 1.27 bits per heavy atom. The summed E-state index contributed by atoms with van der Waals surface area (Å²) in [5.41, 5.74) is 1.98. The van der Waals surface area contributed by atoms with E-state index in [1.54, 1.807) is 0 Å². The van der Waals surface area contributed by atoms with Crippen molar-refractivity contribution in [3.8, 4) is 0 Å². The molecule has 0 aromatic rings. The fourth-order valence-electron chi connectivity index (χ4n) is 6.16. The van der Waals surface area contributed by atoms with Crippen LogP contribution in [0.5, 0.6) is 0 Å². The quantitative estimate of drug-likeness (QED) is 0.813. The standard InChI is InChI=1S/C20H27N3O3/c1-12-21-17-2-3-25-10-16(17)19(22-12)26-11-18(24)23-20-7-13-4-14(8-20)6-15(5-13)9-20/h13-15,21H,1-11H2,(H,23,24). The van der Waals surface area contributed by atoms with Crippen molar-refractivity contribution in [2.75, 3.05) is 19.8 Å². The first kappa shape index (κ1) is 16.4. The molecule has 0 aromatic heterocycles. The third kappa shape index (κ3) is 2.94. The zero-order valence-corrected chi connectivity index (χ0v) is 15.2. The van der Waals surface area contributed by atoms with Crippen molar-refractivity contribution in [3.05, 3.63) is 23.7 Å². The van der Waals surface area contributed by atoms with Crippen molar-refractivity contribution in [1.29, 1.82) is 0 Å². The lowest BCUT2D eigenvalue weighted by Gasteiger charge is -2.56. The van der Waals surface area contributed by atoms with E-state index in [0.29, 0.717) is 24.9 Å². The highest BCUT2D eigenvalue weighted by Gasteiger charge is 2.51. The minimum Gasteiger partial charge on any atom is -0.467 e. The molecule has 0 atom stereocenters. The molecular formula is C20H27N3O3. The van der Waals surface area contributed by atoms with E-state index in [-0.39, 0.29) is 18.1 Å². The molecule has 4 bridgehead atoms. The van der Waals surface area contributed by atoms with Crippen molar-refractivity contribution in [2.24, 2.45) is 22.7 Å². The van der Waals surface area contributed by atoms with E-state index in [0.717, 1.165) is 54.7 Å². The third-order valence-corrected chi connectivity index (χ3v) is 6.68. The average Bonchev–Trinajstić information content (AvgIpc) is 2.58. The smallest absolute Gasteiger partial charge is 0.258 e. The number of nitrogens with one attached hydrogen (secondary N) is 2. The van der Waals surface area contributed by atoms with Gasteiger partial charge in [-0.15, -0.1) is 0 Å². The first-order chi connectivity index (χ1) is 12.6. The van der Waals surface area contributed by atoms with Crippen molar-refractivity contribution >= 4 is 11.8 Å². The maximum Gasteiger partial charge on any atom is 0.258 e.